The van der Waals surface area contributed by atoms with E-state index in [-0.39, 0.29) is 5.91 Å². The van der Waals surface area contributed by atoms with Crippen molar-refractivity contribution in [3.05, 3.63) is 24.3 Å². The lowest BCUT2D eigenvalue weighted by Gasteiger charge is -2.08. The number of carbonyl (C=O) groups excluding carboxylic acids is 1. The van der Waals surface area contributed by atoms with E-state index in [9.17, 15) is 4.79 Å². The van der Waals surface area contributed by atoms with E-state index in [1.807, 2.05) is 24.3 Å². The highest BCUT2D eigenvalue weighted by Crippen LogP contribution is 2.18. The quantitative estimate of drug-likeness (QED) is 0.571. The third kappa shape index (κ3) is 9.11. The molecule has 0 aromatic heterocycles. The molecule has 21 heavy (non-hydrogen) atoms. The number of hydrogen-bond acceptors (Lipinski definition) is 2. The molecule has 118 valence electrons. The number of benzene rings is 1. The SMILES string of the molecule is CCCCCCCCCCOc1cccc(NC(C)=O)c1. The lowest BCUT2D eigenvalue weighted by molar-refractivity contribution is -0.114. The number of nitrogens with one attached hydrogen (secondary N) is 1. The Morgan fingerprint density at radius 3 is 2.38 bits per heavy atom. The van der Waals surface area contributed by atoms with E-state index in [4.69, 9.17) is 4.74 Å². The molecule has 3 heteroatoms. The van der Waals surface area contributed by atoms with E-state index in [0.717, 1.165) is 24.5 Å². The van der Waals surface area contributed by atoms with Crippen molar-refractivity contribution in [3.63, 3.8) is 0 Å². The van der Waals surface area contributed by atoms with Gasteiger partial charge in [0, 0.05) is 18.7 Å². The highest BCUT2D eigenvalue weighted by molar-refractivity contribution is 5.88. The fourth-order valence-electron chi connectivity index (χ4n) is 2.29. The number of hydrogen-bond donors (Lipinski definition) is 1. The van der Waals surface area contributed by atoms with Gasteiger partial charge in [-0.05, 0) is 18.6 Å². The second-order valence-electron chi connectivity index (χ2n) is 5.53. The Morgan fingerprint density at radius 2 is 1.71 bits per heavy atom. The molecule has 1 aromatic carbocycles. The van der Waals surface area contributed by atoms with E-state index in [1.165, 1.54) is 51.9 Å². The molecule has 1 N–H and O–H groups in total. The van der Waals surface area contributed by atoms with Gasteiger partial charge in [-0.25, -0.2) is 0 Å². The minimum atomic E-state index is -0.0600. The van der Waals surface area contributed by atoms with Crippen LogP contribution in [0.4, 0.5) is 5.69 Å². The molecule has 0 atom stereocenters. The molecule has 0 aliphatic carbocycles. The number of amides is 1. The maximum absolute atomic E-state index is 11.0. The molecule has 0 aliphatic rings. The van der Waals surface area contributed by atoms with Crippen LogP contribution in [0.15, 0.2) is 24.3 Å². The Labute approximate surface area is 129 Å². The van der Waals surface area contributed by atoms with Crippen molar-refractivity contribution < 1.29 is 9.53 Å². The summed E-state index contributed by atoms with van der Waals surface area (Å²) in [6, 6.07) is 7.56. The Morgan fingerprint density at radius 1 is 1.05 bits per heavy atom. The van der Waals surface area contributed by atoms with E-state index in [1.54, 1.807) is 0 Å². The molecule has 1 amide bonds. The Kier molecular flexibility index (Phi) is 9.34. The van der Waals surface area contributed by atoms with Gasteiger partial charge in [0.1, 0.15) is 5.75 Å². The van der Waals surface area contributed by atoms with Crippen molar-refractivity contribution in [1.29, 1.82) is 0 Å². The zero-order chi connectivity index (χ0) is 15.3. The lowest BCUT2D eigenvalue weighted by atomic mass is 10.1. The van der Waals surface area contributed by atoms with Gasteiger partial charge in [0.2, 0.25) is 5.91 Å². The van der Waals surface area contributed by atoms with Crippen molar-refractivity contribution >= 4 is 11.6 Å². The fraction of sp³-hybridized carbons (Fsp3) is 0.611. The van der Waals surface area contributed by atoms with Crippen molar-refractivity contribution in [1.82, 2.24) is 0 Å². The van der Waals surface area contributed by atoms with Crippen molar-refractivity contribution in [2.45, 2.75) is 65.2 Å². The first-order valence-corrected chi connectivity index (χ1v) is 8.23. The fourth-order valence-corrected chi connectivity index (χ4v) is 2.29. The van der Waals surface area contributed by atoms with Gasteiger partial charge in [-0.15, -0.1) is 0 Å². The standard InChI is InChI=1S/C18H29NO2/c1-3-4-5-6-7-8-9-10-14-21-18-13-11-12-17(15-18)19-16(2)20/h11-13,15H,3-10,14H2,1-2H3,(H,19,20). The molecule has 0 radical (unpaired) electrons. The summed E-state index contributed by atoms with van der Waals surface area (Å²) in [6.45, 7) is 4.50. The first-order chi connectivity index (χ1) is 10.2. The normalized spacial score (nSPS) is 10.4. The molecular weight excluding hydrogens is 262 g/mol. The summed E-state index contributed by atoms with van der Waals surface area (Å²) in [7, 11) is 0. The molecular formula is C18H29NO2. The monoisotopic (exact) mass is 291 g/mol. The smallest absolute Gasteiger partial charge is 0.221 e. The van der Waals surface area contributed by atoms with Gasteiger partial charge in [-0.2, -0.15) is 0 Å². The predicted octanol–water partition coefficient (Wildman–Crippen LogP) is 5.16. The van der Waals surface area contributed by atoms with Crippen LogP contribution in [0.2, 0.25) is 0 Å². The molecule has 0 saturated heterocycles. The number of ether oxygens (including phenoxy) is 1. The molecule has 1 aromatic rings. The average Bonchev–Trinajstić information content (AvgIpc) is 2.45. The molecule has 0 bridgehead atoms. The van der Waals surface area contributed by atoms with Crippen LogP contribution in [0.5, 0.6) is 5.75 Å². The van der Waals surface area contributed by atoms with Crippen LogP contribution in [0.1, 0.15) is 65.2 Å². The molecule has 0 heterocycles. The van der Waals surface area contributed by atoms with Gasteiger partial charge < -0.3 is 10.1 Å². The predicted molar refractivity (Wildman–Crippen MR) is 88.9 cm³/mol. The van der Waals surface area contributed by atoms with Gasteiger partial charge in [0.25, 0.3) is 0 Å². The zero-order valence-electron chi connectivity index (χ0n) is 13.5. The molecule has 1 rings (SSSR count). The van der Waals surface area contributed by atoms with Gasteiger partial charge >= 0.3 is 0 Å². The summed E-state index contributed by atoms with van der Waals surface area (Å²) in [5.41, 5.74) is 0.788. The topological polar surface area (TPSA) is 38.3 Å². The van der Waals surface area contributed by atoms with Crippen LogP contribution in [0.3, 0.4) is 0 Å². The first-order valence-electron chi connectivity index (χ1n) is 8.23. The second kappa shape index (κ2) is 11.2. The Balaban J connectivity index is 2.08. The minimum absolute atomic E-state index is 0.0600. The van der Waals surface area contributed by atoms with Crippen LogP contribution in [0.25, 0.3) is 0 Å². The van der Waals surface area contributed by atoms with E-state index < -0.39 is 0 Å². The number of rotatable bonds is 11. The van der Waals surface area contributed by atoms with Gasteiger partial charge in [-0.3, -0.25) is 4.79 Å². The summed E-state index contributed by atoms with van der Waals surface area (Å²) < 4.78 is 5.72. The van der Waals surface area contributed by atoms with E-state index in [2.05, 4.69) is 12.2 Å². The molecule has 0 unspecified atom stereocenters. The second-order valence-corrected chi connectivity index (χ2v) is 5.53. The van der Waals surface area contributed by atoms with E-state index in [0.29, 0.717) is 0 Å². The van der Waals surface area contributed by atoms with Crippen LogP contribution >= 0.6 is 0 Å². The largest absolute Gasteiger partial charge is 0.494 e. The molecule has 0 saturated carbocycles. The highest BCUT2D eigenvalue weighted by Gasteiger charge is 1.99. The third-order valence-electron chi connectivity index (χ3n) is 3.42. The number of unbranched alkanes of at least 4 members (excludes halogenated alkanes) is 7. The highest BCUT2D eigenvalue weighted by atomic mass is 16.5. The number of carbonyl (C=O) groups is 1. The number of anilines is 1. The molecule has 3 nitrogen and oxygen atoms in total. The minimum Gasteiger partial charge on any atom is -0.494 e. The van der Waals surface area contributed by atoms with Crippen LogP contribution in [0, 0.1) is 0 Å². The Bertz CT molecular complexity index is 404. The summed E-state index contributed by atoms with van der Waals surface area (Å²) >= 11 is 0. The van der Waals surface area contributed by atoms with Crippen molar-refractivity contribution in [2.75, 3.05) is 11.9 Å². The summed E-state index contributed by atoms with van der Waals surface area (Å²) in [5, 5.41) is 2.76. The maximum atomic E-state index is 11.0. The van der Waals surface area contributed by atoms with E-state index >= 15 is 0 Å². The first kappa shape index (κ1) is 17.5. The average molecular weight is 291 g/mol. The van der Waals surface area contributed by atoms with Crippen LogP contribution in [-0.2, 0) is 4.79 Å². The van der Waals surface area contributed by atoms with Gasteiger partial charge in [-0.1, -0.05) is 57.9 Å². The third-order valence-corrected chi connectivity index (χ3v) is 3.42. The van der Waals surface area contributed by atoms with Crippen molar-refractivity contribution in [3.8, 4) is 5.75 Å². The summed E-state index contributed by atoms with van der Waals surface area (Å²) in [5.74, 6) is 0.763. The van der Waals surface area contributed by atoms with Crippen LogP contribution in [-0.4, -0.2) is 12.5 Å². The summed E-state index contributed by atoms with van der Waals surface area (Å²) in [4.78, 5) is 11.0. The van der Waals surface area contributed by atoms with Crippen LogP contribution < -0.4 is 10.1 Å². The van der Waals surface area contributed by atoms with Gasteiger partial charge in [0.05, 0.1) is 6.61 Å². The Hall–Kier alpha value is -1.51. The van der Waals surface area contributed by atoms with Crippen molar-refractivity contribution in [2.24, 2.45) is 0 Å². The molecule has 0 spiro atoms. The lowest BCUT2D eigenvalue weighted by Crippen LogP contribution is -2.06. The summed E-state index contributed by atoms with van der Waals surface area (Å²) in [6.07, 6.45) is 10.4. The maximum Gasteiger partial charge on any atom is 0.221 e. The molecule has 0 fully saturated rings. The molecule has 0 aliphatic heterocycles. The van der Waals surface area contributed by atoms with Gasteiger partial charge in [0.15, 0.2) is 0 Å². The zero-order valence-corrected chi connectivity index (χ0v) is 13.5.